The third-order valence-corrected chi connectivity index (χ3v) is 4.47. The molecule has 0 radical (unpaired) electrons. The van der Waals surface area contributed by atoms with Crippen molar-refractivity contribution < 1.29 is 19.4 Å². The highest BCUT2D eigenvalue weighted by Crippen LogP contribution is 2.31. The molecule has 0 saturated carbocycles. The summed E-state index contributed by atoms with van der Waals surface area (Å²) in [4.78, 5) is 16.6. The van der Waals surface area contributed by atoms with Crippen molar-refractivity contribution >= 4 is 22.9 Å². The Hall–Kier alpha value is -2.34. The van der Waals surface area contributed by atoms with E-state index in [9.17, 15) is 9.90 Å². The van der Waals surface area contributed by atoms with Crippen LogP contribution in [0.5, 0.6) is 5.75 Å². The lowest BCUT2D eigenvalue weighted by Crippen LogP contribution is -2.04. The minimum Gasteiger partial charge on any atom is -0.503 e. The Morgan fingerprint density at radius 2 is 2.04 bits per heavy atom. The molecule has 0 aliphatic rings. The number of rotatable bonds is 7. The van der Waals surface area contributed by atoms with E-state index in [1.54, 1.807) is 0 Å². The first kappa shape index (κ1) is 17.0. The Bertz CT molecular complexity index is 692. The maximum atomic E-state index is 11.5. The molecule has 1 N–H and O–H groups in total. The number of nitrogens with zero attached hydrogens (tertiary/aromatic N) is 1. The molecule has 0 fully saturated rings. The van der Waals surface area contributed by atoms with Crippen molar-refractivity contribution in [3.63, 3.8) is 0 Å². The number of hydrogen-bond donors (Lipinski definition) is 1. The van der Waals surface area contributed by atoms with Gasteiger partial charge < -0.3 is 14.6 Å². The quantitative estimate of drug-likeness (QED) is 0.614. The lowest BCUT2D eigenvalue weighted by molar-refractivity contribution is -0.130. The van der Waals surface area contributed by atoms with Gasteiger partial charge in [-0.25, -0.2) is 9.78 Å². The van der Waals surface area contributed by atoms with Gasteiger partial charge in [-0.05, 0) is 12.1 Å². The van der Waals surface area contributed by atoms with Crippen LogP contribution in [0.3, 0.4) is 0 Å². The van der Waals surface area contributed by atoms with Crippen LogP contribution in [0.25, 0.3) is 5.57 Å². The van der Waals surface area contributed by atoms with Crippen molar-refractivity contribution in [2.45, 2.75) is 26.4 Å². The number of carboxylic acids is 1. The predicted octanol–water partition coefficient (Wildman–Crippen LogP) is 3.92. The first-order valence-electron chi connectivity index (χ1n) is 7.17. The number of ether oxygens (including phenoxy) is 2. The maximum Gasteiger partial charge on any atom is 0.340 e. The van der Waals surface area contributed by atoms with Gasteiger partial charge in [-0.2, -0.15) is 0 Å². The fraction of sp³-hybridized carbons (Fsp3) is 0.294. The van der Waals surface area contributed by atoms with E-state index in [-0.39, 0.29) is 18.1 Å². The third kappa shape index (κ3) is 4.32. The Morgan fingerprint density at radius 1 is 1.35 bits per heavy atom. The van der Waals surface area contributed by atoms with Crippen LogP contribution in [0.15, 0.2) is 36.6 Å². The van der Waals surface area contributed by atoms with Crippen molar-refractivity contribution in [3.05, 3.63) is 52.2 Å². The van der Waals surface area contributed by atoms with Gasteiger partial charge in [0.05, 0.1) is 29.0 Å². The second-order valence-corrected chi connectivity index (χ2v) is 6.19. The standard InChI is InChI=1S/C17H19NO4S/c1-11(2)16-18-14(10-22-12-7-5-4-6-8-12)15(23-16)13(9-21-3)17(19)20/h4-9,11H,10H2,1-3H3,(H,19,20)/b13-9+. The van der Waals surface area contributed by atoms with Crippen LogP contribution >= 0.6 is 11.3 Å². The van der Waals surface area contributed by atoms with Gasteiger partial charge in [0.15, 0.2) is 0 Å². The average molecular weight is 333 g/mol. The molecule has 1 aromatic heterocycles. The smallest absolute Gasteiger partial charge is 0.340 e. The van der Waals surface area contributed by atoms with E-state index >= 15 is 0 Å². The number of methoxy groups -OCH3 is 1. The van der Waals surface area contributed by atoms with Crippen LogP contribution in [-0.4, -0.2) is 23.2 Å². The molecular formula is C17H19NO4S. The Balaban J connectivity index is 2.33. The zero-order valence-electron chi connectivity index (χ0n) is 13.3. The summed E-state index contributed by atoms with van der Waals surface area (Å²) >= 11 is 1.36. The van der Waals surface area contributed by atoms with Gasteiger partial charge in [-0.3, -0.25) is 0 Å². The van der Waals surface area contributed by atoms with Crippen molar-refractivity contribution in [3.8, 4) is 5.75 Å². The molecule has 0 aliphatic carbocycles. The molecule has 0 amide bonds. The van der Waals surface area contributed by atoms with Gasteiger partial charge in [-0.15, -0.1) is 11.3 Å². The second-order valence-electron chi connectivity index (χ2n) is 5.16. The van der Waals surface area contributed by atoms with Crippen LogP contribution in [-0.2, 0) is 16.1 Å². The summed E-state index contributed by atoms with van der Waals surface area (Å²) in [6, 6.07) is 9.35. The molecule has 1 aromatic carbocycles. The Morgan fingerprint density at radius 3 is 2.61 bits per heavy atom. The van der Waals surface area contributed by atoms with E-state index in [4.69, 9.17) is 9.47 Å². The summed E-state index contributed by atoms with van der Waals surface area (Å²) in [6.07, 6.45) is 1.23. The van der Waals surface area contributed by atoms with Gasteiger partial charge in [0, 0.05) is 5.92 Å². The SMILES string of the molecule is CO/C=C(/C(=O)O)c1sc(C(C)C)nc1COc1ccccc1. The monoisotopic (exact) mass is 333 g/mol. The number of para-hydroxylation sites is 1. The Labute approximate surface area is 139 Å². The molecule has 2 aromatic rings. The van der Waals surface area contributed by atoms with E-state index in [0.29, 0.717) is 16.3 Å². The van der Waals surface area contributed by atoms with E-state index in [1.807, 2.05) is 44.2 Å². The molecule has 0 saturated heterocycles. The molecule has 6 heteroatoms. The molecule has 0 unspecified atom stereocenters. The second kappa shape index (κ2) is 7.78. The average Bonchev–Trinajstić information content (AvgIpc) is 2.95. The number of thiazole rings is 1. The number of carboxylic acid groups (broad SMARTS) is 1. The molecule has 23 heavy (non-hydrogen) atoms. The van der Waals surface area contributed by atoms with E-state index in [2.05, 4.69) is 4.98 Å². The molecule has 2 rings (SSSR count). The summed E-state index contributed by atoms with van der Waals surface area (Å²) < 4.78 is 10.6. The van der Waals surface area contributed by atoms with Gasteiger partial charge in [0.1, 0.15) is 17.9 Å². The minimum atomic E-state index is -1.05. The first-order valence-corrected chi connectivity index (χ1v) is 7.98. The fourth-order valence-electron chi connectivity index (χ4n) is 1.91. The first-order chi connectivity index (χ1) is 11.0. The molecule has 1 heterocycles. The van der Waals surface area contributed by atoms with E-state index < -0.39 is 5.97 Å². The maximum absolute atomic E-state index is 11.5. The van der Waals surface area contributed by atoms with Crippen molar-refractivity contribution in [1.29, 1.82) is 0 Å². The number of aromatic nitrogens is 1. The van der Waals surface area contributed by atoms with Crippen molar-refractivity contribution in [2.75, 3.05) is 7.11 Å². The largest absolute Gasteiger partial charge is 0.503 e. The summed E-state index contributed by atoms with van der Waals surface area (Å²) in [6.45, 7) is 4.24. The summed E-state index contributed by atoms with van der Waals surface area (Å²) in [7, 11) is 1.42. The van der Waals surface area contributed by atoms with Crippen molar-refractivity contribution in [2.24, 2.45) is 0 Å². The highest BCUT2D eigenvalue weighted by atomic mass is 32.1. The van der Waals surface area contributed by atoms with E-state index in [0.717, 1.165) is 5.01 Å². The van der Waals surface area contributed by atoms with Crippen molar-refractivity contribution in [1.82, 2.24) is 4.98 Å². The lowest BCUT2D eigenvalue weighted by Gasteiger charge is -2.06. The van der Waals surface area contributed by atoms with Crippen LogP contribution in [0.4, 0.5) is 0 Å². The fourth-order valence-corrected chi connectivity index (χ4v) is 2.98. The Kier molecular flexibility index (Phi) is 5.76. The van der Waals surface area contributed by atoms with Crippen LogP contribution in [0.1, 0.15) is 35.3 Å². The molecule has 5 nitrogen and oxygen atoms in total. The van der Waals surface area contributed by atoms with E-state index in [1.165, 1.54) is 24.7 Å². The van der Waals surface area contributed by atoms with Crippen LogP contribution in [0, 0.1) is 0 Å². The zero-order valence-corrected chi connectivity index (χ0v) is 14.1. The zero-order chi connectivity index (χ0) is 16.8. The predicted molar refractivity (Wildman–Crippen MR) is 89.6 cm³/mol. The summed E-state index contributed by atoms with van der Waals surface area (Å²) in [5, 5.41) is 10.3. The summed E-state index contributed by atoms with van der Waals surface area (Å²) in [5.74, 6) is -0.126. The number of carbonyl (C=O) groups is 1. The van der Waals surface area contributed by atoms with Gasteiger partial charge in [-0.1, -0.05) is 32.0 Å². The van der Waals surface area contributed by atoms with Gasteiger partial charge in [0.2, 0.25) is 0 Å². The lowest BCUT2D eigenvalue weighted by atomic mass is 10.2. The molecule has 0 atom stereocenters. The number of hydrogen-bond acceptors (Lipinski definition) is 5. The molecule has 0 spiro atoms. The van der Waals surface area contributed by atoms with Crippen LogP contribution < -0.4 is 4.74 Å². The molecule has 0 aliphatic heterocycles. The highest BCUT2D eigenvalue weighted by molar-refractivity contribution is 7.13. The third-order valence-electron chi connectivity index (χ3n) is 3.04. The normalized spacial score (nSPS) is 11.6. The molecular weight excluding hydrogens is 314 g/mol. The molecule has 0 bridgehead atoms. The van der Waals surface area contributed by atoms with Crippen LogP contribution in [0.2, 0.25) is 0 Å². The van der Waals surface area contributed by atoms with Gasteiger partial charge in [0.25, 0.3) is 0 Å². The minimum absolute atomic E-state index is 0.0866. The number of benzene rings is 1. The van der Waals surface area contributed by atoms with Gasteiger partial charge >= 0.3 is 5.97 Å². The topological polar surface area (TPSA) is 68.7 Å². The summed E-state index contributed by atoms with van der Waals surface area (Å²) in [5.41, 5.74) is 0.691. The molecule has 122 valence electrons. The number of aliphatic carboxylic acids is 1. The highest BCUT2D eigenvalue weighted by Gasteiger charge is 2.22.